The van der Waals surface area contributed by atoms with E-state index in [9.17, 15) is 13.8 Å². The minimum absolute atomic E-state index is 0.0735. The average molecular weight is 263 g/mol. The van der Waals surface area contributed by atoms with Gasteiger partial charge in [-0.3, -0.25) is 14.3 Å². The van der Waals surface area contributed by atoms with Crippen LogP contribution in [0.3, 0.4) is 0 Å². The summed E-state index contributed by atoms with van der Waals surface area (Å²) in [6.45, 7) is 3.59. The number of nitrogens with one attached hydrogen (secondary N) is 3. The van der Waals surface area contributed by atoms with Crippen LogP contribution in [0.15, 0.2) is 0 Å². The fraction of sp³-hybridized carbons (Fsp3) is 0.800. The predicted octanol–water partition coefficient (Wildman–Crippen LogP) is -0.423. The zero-order chi connectivity index (χ0) is 13.4. The smallest absolute Gasteiger partial charge is 0.321 e. The van der Waals surface area contributed by atoms with Gasteiger partial charge >= 0.3 is 6.03 Å². The van der Waals surface area contributed by atoms with Gasteiger partial charge in [0.25, 0.3) is 0 Å². The molecule has 0 radical (unpaired) electrons. The number of urea groups is 1. The maximum absolute atomic E-state index is 11.5. The first-order valence-electron chi connectivity index (χ1n) is 5.45. The Kier molecular flexibility index (Phi) is 7.73. The lowest BCUT2D eigenvalue weighted by Crippen LogP contribution is -2.49. The maximum atomic E-state index is 11.5. The molecule has 0 aromatic heterocycles. The SMILES string of the molecule is CNC(=O)NC(=O)C(C)NC(C)CCS(C)=O. The van der Waals surface area contributed by atoms with E-state index in [1.165, 1.54) is 7.05 Å². The molecule has 0 fully saturated rings. The number of imide groups is 1. The first-order valence-corrected chi connectivity index (χ1v) is 7.18. The summed E-state index contributed by atoms with van der Waals surface area (Å²) in [6, 6.07) is -0.914. The molecule has 0 saturated heterocycles. The second-order valence-electron chi connectivity index (χ2n) is 3.92. The number of carbonyl (C=O) groups is 2. The molecule has 0 bridgehead atoms. The third-order valence-electron chi connectivity index (χ3n) is 2.23. The molecule has 100 valence electrons. The Balaban J connectivity index is 3.98. The molecule has 0 saturated carbocycles. The minimum atomic E-state index is -0.827. The van der Waals surface area contributed by atoms with E-state index in [0.717, 1.165) is 6.42 Å². The minimum Gasteiger partial charge on any atom is -0.341 e. The Morgan fingerprint density at radius 1 is 1.29 bits per heavy atom. The van der Waals surface area contributed by atoms with Crippen LogP contribution in [0.2, 0.25) is 0 Å². The van der Waals surface area contributed by atoms with Crippen molar-refractivity contribution in [3.8, 4) is 0 Å². The van der Waals surface area contributed by atoms with E-state index < -0.39 is 22.9 Å². The Morgan fingerprint density at radius 3 is 2.35 bits per heavy atom. The van der Waals surface area contributed by atoms with Crippen LogP contribution < -0.4 is 16.0 Å². The Morgan fingerprint density at radius 2 is 1.88 bits per heavy atom. The van der Waals surface area contributed by atoms with Crippen molar-refractivity contribution in [3.63, 3.8) is 0 Å². The van der Waals surface area contributed by atoms with Crippen LogP contribution in [0.25, 0.3) is 0 Å². The van der Waals surface area contributed by atoms with E-state index >= 15 is 0 Å². The molecule has 0 rings (SSSR count). The molecule has 0 aromatic rings. The van der Waals surface area contributed by atoms with Crippen molar-refractivity contribution in [2.75, 3.05) is 19.1 Å². The molecule has 3 N–H and O–H groups in total. The lowest BCUT2D eigenvalue weighted by atomic mass is 10.2. The molecule has 3 amide bonds. The Labute approximate surface area is 104 Å². The van der Waals surface area contributed by atoms with Crippen molar-refractivity contribution in [3.05, 3.63) is 0 Å². The van der Waals surface area contributed by atoms with Gasteiger partial charge in [0, 0.05) is 35.9 Å². The molecule has 0 aliphatic heterocycles. The number of hydrogen-bond acceptors (Lipinski definition) is 4. The zero-order valence-electron chi connectivity index (χ0n) is 10.7. The van der Waals surface area contributed by atoms with Gasteiger partial charge in [0.2, 0.25) is 5.91 Å². The van der Waals surface area contributed by atoms with Crippen molar-refractivity contribution in [2.45, 2.75) is 32.4 Å². The standard InChI is InChI=1S/C10H21N3O3S/c1-7(5-6-17(4)16)12-8(2)9(14)13-10(15)11-3/h7-8,12H,5-6H2,1-4H3,(H2,11,13,14,15). The van der Waals surface area contributed by atoms with Crippen molar-refractivity contribution in [1.82, 2.24) is 16.0 Å². The van der Waals surface area contributed by atoms with Crippen LogP contribution in [-0.2, 0) is 15.6 Å². The van der Waals surface area contributed by atoms with Crippen molar-refractivity contribution < 1.29 is 13.8 Å². The summed E-state index contributed by atoms with van der Waals surface area (Å²) in [7, 11) is 0.617. The highest BCUT2D eigenvalue weighted by Gasteiger charge is 2.16. The van der Waals surface area contributed by atoms with Crippen LogP contribution in [0.5, 0.6) is 0 Å². The lowest BCUT2D eigenvalue weighted by molar-refractivity contribution is -0.121. The van der Waals surface area contributed by atoms with Gasteiger partial charge in [-0.15, -0.1) is 0 Å². The van der Waals surface area contributed by atoms with Gasteiger partial charge < -0.3 is 10.6 Å². The highest BCUT2D eigenvalue weighted by molar-refractivity contribution is 7.84. The number of rotatable bonds is 6. The fourth-order valence-corrected chi connectivity index (χ4v) is 1.90. The third kappa shape index (κ3) is 7.87. The topological polar surface area (TPSA) is 87.3 Å². The van der Waals surface area contributed by atoms with Gasteiger partial charge in [-0.2, -0.15) is 0 Å². The van der Waals surface area contributed by atoms with Gasteiger partial charge in [0.1, 0.15) is 0 Å². The lowest BCUT2D eigenvalue weighted by Gasteiger charge is -2.18. The first kappa shape index (κ1) is 16.1. The van der Waals surface area contributed by atoms with Crippen LogP contribution in [-0.4, -0.2) is 47.3 Å². The number of hydrogen-bond donors (Lipinski definition) is 3. The van der Waals surface area contributed by atoms with Crippen molar-refractivity contribution in [1.29, 1.82) is 0 Å². The van der Waals surface area contributed by atoms with Crippen molar-refractivity contribution >= 4 is 22.7 Å². The molecule has 0 aromatic carbocycles. The molecule has 7 heteroatoms. The molecular weight excluding hydrogens is 242 g/mol. The predicted molar refractivity (Wildman–Crippen MR) is 68.2 cm³/mol. The molecule has 0 aliphatic rings. The second kappa shape index (κ2) is 8.19. The molecule has 0 heterocycles. The van der Waals surface area contributed by atoms with E-state index in [4.69, 9.17) is 0 Å². The molecule has 0 aliphatic carbocycles. The summed E-state index contributed by atoms with van der Waals surface area (Å²) in [5.74, 6) is 0.214. The molecule has 3 unspecified atom stereocenters. The van der Waals surface area contributed by atoms with Gasteiger partial charge in [0.15, 0.2) is 0 Å². The largest absolute Gasteiger partial charge is 0.341 e. The van der Waals surface area contributed by atoms with E-state index in [1.807, 2.05) is 6.92 Å². The van der Waals surface area contributed by atoms with Crippen LogP contribution >= 0.6 is 0 Å². The highest BCUT2D eigenvalue weighted by atomic mass is 32.2. The van der Waals surface area contributed by atoms with Gasteiger partial charge in [-0.05, 0) is 20.3 Å². The van der Waals surface area contributed by atoms with Crippen molar-refractivity contribution in [2.24, 2.45) is 0 Å². The summed E-state index contributed by atoms with van der Waals surface area (Å²) >= 11 is 0. The normalized spacial score (nSPS) is 15.8. The average Bonchev–Trinajstić information content (AvgIpc) is 2.25. The van der Waals surface area contributed by atoms with Crippen LogP contribution in [0.4, 0.5) is 4.79 Å². The highest BCUT2D eigenvalue weighted by Crippen LogP contribution is 1.95. The number of carbonyl (C=O) groups excluding carboxylic acids is 2. The summed E-state index contributed by atoms with van der Waals surface area (Å²) in [5, 5.41) is 7.53. The van der Waals surface area contributed by atoms with Gasteiger partial charge in [0.05, 0.1) is 6.04 Å². The monoisotopic (exact) mass is 263 g/mol. The Hall–Kier alpha value is -0.950. The fourth-order valence-electron chi connectivity index (χ4n) is 1.21. The third-order valence-corrected chi connectivity index (χ3v) is 3.04. The van der Waals surface area contributed by atoms with Gasteiger partial charge in [-0.25, -0.2) is 4.79 Å². The molecule has 3 atom stereocenters. The van der Waals surface area contributed by atoms with Crippen LogP contribution in [0.1, 0.15) is 20.3 Å². The van der Waals surface area contributed by atoms with E-state index in [0.29, 0.717) is 5.75 Å². The van der Waals surface area contributed by atoms with Crippen LogP contribution in [0, 0.1) is 0 Å². The van der Waals surface area contributed by atoms with E-state index in [2.05, 4.69) is 16.0 Å². The summed E-state index contributed by atoms with van der Waals surface area (Å²) in [5.41, 5.74) is 0. The zero-order valence-corrected chi connectivity index (χ0v) is 11.5. The molecule has 17 heavy (non-hydrogen) atoms. The quantitative estimate of drug-likeness (QED) is 0.607. The molecule has 6 nitrogen and oxygen atoms in total. The second-order valence-corrected chi connectivity index (χ2v) is 5.48. The first-order chi connectivity index (χ1) is 7.86. The van der Waals surface area contributed by atoms with E-state index in [1.54, 1.807) is 13.2 Å². The summed E-state index contributed by atoms with van der Waals surface area (Å²) < 4.78 is 10.9. The van der Waals surface area contributed by atoms with E-state index in [-0.39, 0.29) is 11.9 Å². The summed E-state index contributed by atoms with van der Waals surface area (Å²) in [4.78, 5) is 22.4. The molecular formula is C10H21N3O3S. The summed E-state index contributed by atoms with van der Waals surface area (Å²) in [6.07, 6.45) is 2.37. The van der Waals surface area contributed by atoms with Gasteiger partial charge in [-0.1, -0.05) is 0 Å². The number of amides is 3. The Bertz CT molecular complexity index is 297. The maximum Gasteiger partial charge on any atom is 0.321 e. The molecule has 0 spiro atoms.